The monoisotopic (exact) mass is 273 g/mol. The molecular formula is C15H16FN3O. The van der Waals surface area contributed by atoms with Gasteiger partial charge < -0.3 is 16.8 Å². The first-order valence-corrected chi connectivity index (χ1v) is 6.19. The van der Waals surface area contributed by atoms with E-state index in [0.29, 0.717) is 16.9 Å². The van der Waals surface area contributed by atoms with Crippen LogP contribution in [-0.2, 0) is 0 Å². The van der Waals surface area contributed by atoms with E-state index in [-0.39, 0.29) is 11.9 Å². The zero-order valence-corrected chi connectivity index (χ0v) is 11.1. The van der Waals surface area contributed by atoms with Crippen molar-refractivity contribution in [3.63, 3.8) is 0 Å². The van der Waals surface area contributed by atoms with Crippen molar-refractivity contribution >= 4 is 17.3 Å². The Bertz CT molecular complexity index is 626. The molecule has 2 aromatic carbocycles. The highest BCUT2D eigenvalue weighted by atomic mass is 19.1. The van der Waals surface area contributed by atoms with Crippen molar-refractivity contribution in [2.24, 2.45) is 5.73 Å². The van der Waals surface area contributed by atoms with Crippen LogP contribution in [0.25, 0.3) is 0 Å². The highest BCUT2D eigenvalue weighted by Crippen LogP contribution is 2.27. The average Bonchev–Trinajstić information content (AvgIpc) is 2.41. The van der Waals surface area contributed by atoms with E-state index in [0.717, 1.165) is 5.56 Å². The Labute approximate surface area is 116 Å². The van der Waals surface area contributed by atoms with Gasteiger partial charge in [-0.3, -0.25) is 4.79 Å². The molecule has 5 heteroatoms. The second-order valence-electron chi connectivity index (χ2n) is 4.55. The highest BCUT2D eigenvalue weighted by molar-refractivity contribution is 6.01. The smallest absolute Gasteiger partial charge is 0.250 e. The molecule has 2 rings (SSSR count). The number of halogens is 1. The summed E-state index contributed by atoms with van der Waals surface area (Å²) < 4.78 is 12.9. The summed E-state index contributed by atoms with van der Waals surface area (Å²) in [5, 5.41) is 3.15. The zero-order valence-electron chi connectivity index (χ0n) is 11.1. The summed E-state index contributed by atoms with van der Waals surface area (Å²) in [5.41, 5.74) is 13.4. The molecule has 0 heterocycles. The van der Waals surface area contributed by atoms with Crippen LogP contribution in [0.3, 0.4) is 0 Å². The van der Waals surface area contributed by atoms with Crippen molar-refractivity contribution in [3.05, 3.63) is 59.4 Å². The standard InChI is InChI=1S/C15H16FN3O/c1-9(10-5-7-11(16)8-6-10)19-14-12(15(18)20)3-2-4-13(14)17/h2-9,19H,17H2,1H3,(H2,18,20). The van der Waals surface area contributed by atoms with Crippen LogP contribution in [0.15, 0.2) is 42.5 Å². The third-order valence-electron chi connectivity index (χ3n) is 3.09. The molecule has 0 aliphatic carbocycles. The van der Waals surface area contributed by atoms with Gasteiger partial charge in [0.1, 0.15) is 5.82 Å². The van der Waals surface area contributed by atoms with Gasteiger partial charge in [0.25, 0.3) is 5.91 Å². The van der Waals surface area contributed by atoms with Crippen molar-refractivity contribution in [2.75, 3.05) is 11.1 Å². The van der Waals surface area contributed by atoms with E-state index in [2.05, 4.69) is 5.32 Å². The van der Waals surface area contributed by atoms with Gasteiger partial charge in [0.2, 0.25) is 0 Å². The number of primary amides is 1. The number of benzene rings is 2. The Hall–Kier alpha value is -2.56. The van der Waals surface area contributed by atoms with E-state index in [1.807, 2.05) is 6.92 Å². The lowest BCUT2D eigenvalue weighted by Crippen LogP contribution is -2.17. The molecule has 0 spiro atoms. The summed E-state index contributed by atoms with van der Waals surface area (Å²) in [5.74, 6) is -0.843. The molecule has 0 bridgehead atoms. The van der Waals surface area contributed by atoms with Gasteiger partial charge in [-0.1, -0.05) is 18.2 Å². The van der Waals surface area contributed by atoms with Crippen LogP contribution >= 0.6 is 0 Å². The maximum absolute atomic E-state index is 12.9. The van der Waals surface area contributed by atoms with Crippen LogP contribution in [0.1, 0.15) is 28.9 Å². The first-order valence-electron chi connectivity index (χ1n) is 6.19. The van der Waals surface area contributed by atoms with E-state index in [1.54, 1.807) is 30.3 Å². The molecule has 0 aliphatic heterocycles. The number of carbonyl (C=O) groups is 1. The summed E-state index contributed by atoms with van der Waals surface area (Å²) in [6, 6.07) is 11.0. The minimum Gasteiger partial charge on any atom is -0.397 e. The van der Waals surface area contributed by atoms with E-state index in [9.17, 15) is 9.18 Å². The third-order valence-corrected chi connectivity index (χ3v) is 3.09. The SMILES string of the molecule is CC(Nc1c(N)cccc1C(N)=O)c1ccc(F)cc1. The topological polar surface area (TPSA) is 81.1 Å². The molecule has 0 fully saturated rings. The number of nitrogens with one attached hydrogen (secondary N) is 1. The number of para-hydroxylation sites is 1. The number of nitrogens with two attached hydrogens (primary N) is 2. The second-order valence-corrected chi connectivity index (χ2v) is 4.55. The van der Waals surface area contributed by atoms with Gasteiger partial charge in [0.05, 0.1) is 16.9 Å². The van der Waals surface area contributed by atoms with Crippen LogP contribution in [-0.4, -0.2) is 5.91 Å². The lowest BCUT2D eigenvalue weighted by atomic mass is 10.1. The number of nitrogen functional groups attached to an aromatic ring is 1. The van der Waals surface area contributed by atoms with Gasteiger partial charge in [0.15, 0.2) is 0 Å². The molecule has 0 saturated carbocycles. The highest BCUT2D eigenvalue weighted by Gasteiger charge is 2.14. The number of amides is 1. The van der Waals surface area contributed by atoms with Crippen LogP contribution in [0.4, 0.5) is 15.8 Å². The fourth-order valence-corrected chi connectivity index (χ4v) is 1.99. The molecule has 20 heavy (non-hydrogen) atoms. The molecule has 5 N–H and O–H groups in total. The molecule has 104 valence electrons. The molecule has 0 saturated heterocycles. The largest absolute Gasteiger partial charge is 0.397 e. The second kappa shape index (κ2) is 5.61. The Kier molecular flexibility index (Phi) is 3.89. The summed E-state index contributed by atoms with van der Waals surface area (Å²) in [4.78, 5) is 11.4. The fraction of sp³-hybridized carbons (Fsp3) is 0.133. The van der Waals surface area contributed by atoms with E-state index >= 15 is 0 Å². The lowest BCUT2D eigenvalue weighted by molar-refractivity contribution is 0.100. The minimum absolute atomic E-state index is 0.140. The Balaban J connectivity index is 2.30. The predicted molar refractivity (Wildman–Crippen MR) is 77.8 cm³/mol. The van der Waals surface area contributed by atoms with Crippen molar-refractivity contribution in [3.8, 4) is 0 Å². The summed E-state index contributed by atoms with van der Waals surface area (Å²) in [6.07, 6.45) is 0. The summed E-state index contributed by atoms with van der Waals surface area (Å²) in [7, 11) is 0. The number of hydrogen-bond acceptors (Lipinski definition) is 3. The summed E-state index contributed by atoms with van der Waals surface area (Å²) in [6.45, 7) is 1.89. The predicted octanol–water partition coefficient (Wildman–Crippen LogP) is 2.68. The van der Waals surface area contributed by atoms with Crippen LogP contribution in [0, 0.1) is 5.82 Å². The average molecular weight is 273 g/mol. The van der Waals surface area contributed by atoms with Gasteiger partial charge in [0, 0.05) is 6.04 Å². The van der Waals surface area contributed by atoms with Crippen molar-refractivity contribution in [1.29, 1.82) is 0 Å². The number of anilines is 2. The fourth-order valence-electron chi connectivity index (χ4n) is 1.99. The van der Waals surface area contributed by atoms with E-state index in [1.165, 1.54) is 12.1 Å². The van der Waals surface area contributed by atoms with Gasteiger partial charge >= 0.3 is 0 Å². The summed E-state index contributed by atoms with van der Waals surface area (Å²) >= 11 is 0. The Morgan fingerprint density at radius 3 is 2.45 bits per heavy atom. The number of hydrogen-bond donors (Lipinski definition) is 3. The van der Waals surface area contributed by atoms with E-state index in [4.69, 9.17) is 11.5 Å². The minimum atomic E-state index is -0.550. The maximum Gasteiger partial charge on any atom is 0.250 e. The lowest BCUT2D eigenvalue weighted by Gasteiger charge is -2.19. The van der Waals surface area contributed by atoms with Gasteiger partial charge in [-0.2, -0.15) is 0 Å². The number of rotatable bonds is 4. The van der Waals surface area contributed by atoms with Crippen molar-refractivity contribution in [2.45, 2.75) is 13.0 Å². The zero-order chi connectivity index (χ0) is 14.7. The number of carbonyl (C=O) groups excluding carboxylic acids is 1. The van der Waals surface area contributed by atoms with Crippen LogP contribution in [0.2, 0.25) is 0 Å². The molecule has 1 amide bonds. The molecule has 1 atom stereocenters. The van der Waals surface area contributed by atoms with Crippen LogP contribution < -0.4 is 16.8 Å². The van der Waals surface area contributed by atoms with E-state index < -0.39 is 5.91 Å². The molecule has 4 nitrogen and oxygen atoms in total. The molecule has 0 radical (unpaired) electrons. The quantitative estimate of drug-likeness (QED) is 0.749. The normalized spacial score (nSPS) is 11.9. The van der Waals surface area contributed by atoms with Gasteiger partial charge in [-0.05, 0) is 36.8 Å². The third kappa shape index (κ3) is 2.88. The maximum atomic E-state index is 12.9. The van der Waals surface area contributed by atoms with Gasteiger partial charge in [-0.15, -0.1) is 0 Å². The van der Waals surface area contributed by atoms with Crippen molar-refractivity contribution in [1.82, 2.24) is 0 Å². The molecule has 2 aromatic rings. The van der Waals surface area contributed by atoms with Crippen molar-refractivity contribution < 1.29 is 9.18 Å². The first kappa shape index (κ1) is 13.9. The Morgan fingerprint density at radius 2 is 1.85 bits per heavy atom. The molecule has 0 aromatic heterocycles. The molecule has 0 aliphatic rings. The van der Waals surface area contributed by atoms with Gasteiger partial charge in [-0.25, -0.2) is 4.39 Å². The van der Waals surface area contributed by atoms with Crippen LogP contribution in [0.5, 0.6) is 0 Å². The first-order chi connectivity index (χ1) is 9.49. The molecular weight excluding hydrogens is 257 g/mol. The molecule has 1 unspecified atom stereocenters. The Morgan fingerprint density at radius 1 is 1.20 bits per heavy atom.